The molecule has 1 aromatic carbocycles. The molecule has 0 aliphatic heterocycles. The van der Waals surface area contributed by atoms with Crippen LogP contribution in [-0.2, 0) is 4.79 Å². The van der Waals surface area contributed by atoms with Crippen molar-refractivity contribution >= 4 is 11.8 Å². The minimum atomic E-state index is -1.13. The minimum absolute atomic E-state index is 0.336. The zero-order valence-electron chi connectivity index (χ0n) is 9.53. The Morgan fingerprint density at radius 2 is 1.94 bits per heavy atom. The van der Waals surface area contributed by atoms with E-state index >= 15 is 0 Å². The first kappa shape index (κ1) is 12.2. The fourth-order valence-corrected chi connectivity index (χ4v) is 1.66. The standard InChI is InChI=1S/C12H14O4/c1-7-4-8(2)12(16-3)9(5-7)10(13)6-11(14)15/h4-5H,6H2,1-3H3,(H,14,15). The van der Waals surface area contributed by atoms with Crippen molar-refractivity contribution in [2.45, 2.75) is 20.3 Å². The summed E-state index contributed by atoms with van der Waals surface area (Å²) in [4.78, 5) is 22.2. The largest absolute Gasteiger partial charge is 0.496 e. The summed E-state index contributed by atoms with van der Waals surface area (Å²) >= 11 is 0. The Bertz CT molecular complexity index is 435. The van der Waals surface area contributed by atoms with Crippen LogP contribution in [0.15, 0.2) is 12.1 Å². The number of ether oxygens (including phenoxy) is 1. The first-order chi connectivity index (χ1) is 7.45. The van der Waals surface area contributed by atoms with Gasteiger partial charge < -0.3 is 9.84 Å². The summed E-state index contributed by atoms with van der Waals surface area (Å²) in [5.41, 5.74) is 2.07. The van der Waals surface area contributed by atoms with E-state index in [1.807, 2.05) is 19.9 Å². The molecule has 4 heteroatoms. The van der Waals surface area contributed by atoms with Gasteiger partial charge in [0.1, 0.15) is 12.2 Å². The SMILES string of the molecule is COc1c(C)cc(C)cc1C(=O)CC(=O)O. The van der Waals surface area contributed by atoms with E-state index in [4.69, 9.17) is 9.84 Å². The number of aryl methyl sites for hydroxylation is 2. The number of hydrogen-bond acceptors (Lipinski definition) is 3. The molecule has 0 heterocycles. The van der Waals surface area contributed by atoms with Gasteiger partial charge in [-0.3, -0.25) is 9.59 Å². The van der Waals surface area contributed by atoms with E-state index in [-0.39, 0.29) is 0 Å². The van der Waals surface area contributed by atoms with Crippen molar-refractivity contribution in [3.63, 3.8) is 0 Å². The Morgan fingerprint density at radius 1 is 1.31 bits per heavy atom. The zero-order chi connectivity index (χ0) is 12.3. The maximum Gasteiger partial charge on any atom is 0.311 e. The van der Waals surface area contributed by atoms with Crippen LogP contribution in [0.3, 0.4) is 0 Å². The summed E-state index contributed by atoms with van der Waals surface area (Å²) < 4.78 is 5.12. The van der Waals surface area contributed by atoms with Gasteiger partial charge in [-0.05, 0) is 31.0 Å². The highest BCUT2D eigenvalue weighted by atomic mass is 16.5. The number of methoxy groups -OCH3 is 1. The zero-order valence-corrected chi connectivity index (χ0v) is 9.53. The van der Waals surface area contributed by atoms with Crippen molar-refractivity contribution in [1.82, 2.24) is 0 Å². The maximum absolute atomic E-state index is 11.7. The quantitative estimate of drug-likeness (QED) is 0.625. The Kier molecular flexibility index (Phi) is 3.66. The number of rotatable bonds is 4. The van der Waals surface area contributed by atoms with E-state index in [9.17, 15) is 9.59 Å². The van der Waals surface area contributed by atoms with E-state index < -0.39 is 18.2 Å². The van der Waals surface area contributed by atoms with E-state index in [1.165, 1.54) is 7.11 Å². The molecule has 0 fully saturated rings. The van der Waals surface area contributed by atoms with Gasteiger partial charge in [-0.15, -0.1) is 0 Å². The van der Waals surface area contributed by atoms with Crippen LogP contribution in [0.2, 0.25) is 0 Å². The lowest BCUT2D eigenvalue weighted by Crippen LogP contribution is -2.09. The molecule has 1 aromatic rings. The Morgan fingerprint density at radius 3 is 2.44 bits per heavy atom. The molecule has 0 atom stereocenters. The molecule has 0 radical (unpaired) electrons. The summed E-state index contributed by atoms with van der Waals surface area (Å²) in [6, 6.07) is 3.54. The Balaban J connectivity index is 3.20. The number of hydrogen-bond donors (Lipinski definition) is 1. The molecule has 0 unspecified atom stereocenters. The first-order valence-electron chi connectivity index (χ1n) is 4.86. The van der Waals surface area contributed by atoms with Crippen molar-refractivity contribution in [3.8, 4) is 5.75 Å². The molecule has 0 aliphatic rings. The summed E-state index contributed by atoms with van der Waals surface area (Å²) in [6.07, 6.45) is -0.515. The lowest BCUT2D eigenvalue weighted by atomic mass is 10.0. The van der Waals surface area contributed by atoms with E-state index in [2.05, 4.69) is 0 Å². The summed E-state index contributed by atoms with van der Waals surface area (Å²) in [5, 5.41) is 8.59. The van der Waals surface area contributed by atoms with E-state index in [1.54, 1.807) is 6.07 Å². The van der Waals surface area contributed by atoms with Crippen molar-refractivity contribution in [2.24, 2.45) is 0 Å². The van der Waals surface area contributed by atoms with Crippen LogP contribution in [0.5, 0.6) is 5.75 Å². The number of ketones is 1. The van der Waals surface area contributed by atoms with Crippen LogP contribution in [0, 0.1) is 13.8 Å². The van der Waals surface area contributed by atoms with Crippen LogP contribution in [0.25, 0.3) is 0 Å². The number of carbonyl (C=O) groups is 2. The third kappa shape index (κ3) is 2.59. The van der Waals surface area contributed by atoms with Crippen LogP contribution in [0.1, 0.15) is 27.9 Å². The van der Waals surface area contributed by atoms with Gasteiger partial charge in [0.05, 0.1) is 12.7 Å². The van der Waals surface area contributed by atoms with Crippen LogP contribution < -0.4 is 4.74 Å². The fraction of sp³-hybridized carbons (Fsp3) is 0.333. The highest BCUT2D eigenvalue weighted by Crippen LogP contribution is 2.26. The van der Waals surface area contributed by atoms with Gasteiger partial charge >= 0.3 is 5.97 Å². The van der Waals surface area contributed by atoms with Crippen molar-refractivity contribution in [3.05, 3.63) is 28.8 Å². The molecule has 0 saturated heterocycles. The molecular weight excluding hydrogens is 208 g/mol. The molecule has 4 nitrogen and oxygen atoms in total. The molecule has 0 spiro atoms. The average molecular weight is 222 g/mol. The average Bonchev–Trinajstić information content (AvgIpc) is 2.15. The van der Waals surface area contributed by atoms with E-state index in [0.29, 0.717) is 11.3 Å². The van der Waals surface area contributed by atoms with Gasteiger partial charge in [-0.1, -0.05) is 6.07 Å². The lowest BCUT2D eigenvalue weighted by molar-refractivity contribution is -0.135. The molecule has 1 rings (SSSR count). The van der Waals surface area contributed by atoms with Gasteiger partial charge in [-0.25, -0.2) is 0 Å². The monoisotopic (exact) mass is 222 g/mol. The predicted molar refractivity (Wildman–Crippen MR) is 59.1 cm³/mol. The van der Waals surface area contributed by atoms with Gasteiger partial charge in [0.25, 0.3) is 0 Å². The number of Topliss-reactive ketones (excluding diaryl/α,β-unsaturated/α-hetero) is 1. The molecule has 0 aromatic heterocycles. The lowest BCUT2D eigenvalue weighted by Gasteiger charge is -2.11. The summed E-state index contributed by atoms with van der Waals surface area (Å²) in [5.74, 6) is -1.11. The highest BCUT2D eigenvalue weighted by molar-refractivity contribution is 6.07. The first-order valence-corrected chi connectivity index (χ1v) is 4.86. The van der Waals surface area contributed by atoms with E-state index in [0.717, 1.165) is 11.1 Å². The number of aliphatic carboxylic acids is 1. The van der Waals surface area contributed by atoms with Gasteiger partial charge in [0, 0.05) is 0 Å². The normalized spacial score (nSPS) is 9.94. The smallest absolute Gasteiger partial charge is 0.311 e. The van der Waals surface area contributed by atoms with Gasteiger partial charge in [-0.2, -0.15) is 0 Å². The number of benzene rings is 1. The van der Waals surface area contributed by atoms with Crippen molar-refractivity contribution < 1.29 is 19.4 Å². The van der Waals surface area contributed by atoms with Crippen LogP contribution in [-0.4, -0.2) is 24.0 Å². The molecular formula is C12H14O4. The second kappa shape index (κ2) is 4.79. The number of carboxylic acid groups (broad SMARTS) is 1. The molecule has 0 saturated carbocycles. The highest BCUT2D eigenvalue weighted by Gasteiger charge is 2.17. The number of carboxylic acids is 1. The summed E-state index contributed by atoms with van der Waals surface area (Å²) in [7, 11) is 1.47. The molecule has 16 heavy (non-hydrogen) atoms. The number of carbonyl (C=O) groups excluding carboxylic acids is 1. The Labute approximate surface area is 93.9 Å². The summed E-state index contributed by atoms with van der Waals surface area (Å²) in [6.45, 7) is 3.67. The van der Waals surface area contributed by atoms with Gasteiger partial charge in [0.2, 0.25) is 0 Å². The molecule has 0 amide bonds. The fourth-order valence-electron chi connectivity index (χ4n) is 1.66. The molecule has 1 N–H and O–H groups in total. The van der Waals surface area contributed by atoms with Crippen LogP contribution >= 0.6 is 0 Å². The molecule has 0 bridgehead atoms. The van der Waals surface area contributed by atoms with Crippen molar-refractivity contribution in [2.75, 3.05) is 7.11 Å². The van der Waals surface area contributed by atoms with Gasteiger partial charge in [0.15, 0.2) is 5.78 Å². The maximum atomic E-state index is 11.7. The topological polar surface area (TPSA) is 63.6 Å². The second-order valence-electron chi connectivity index (χ2n) is 3.66. The second-order valence-corrected chi connectivity index (χ2v) is 3.66. The predicted octanol–water partition coefficient (Wildman–Crippen LogP) is 1.97. The van der Waals surface area contributed by atoms with Crippen molar-refractivity contribution in [1.29, 1.82) is 0 Å². The molecule has 0 aliphatic carbocycles. The third-order valence-corrected chi connectivity index (χ3v) is 2.24. The van der Waals surface area contributed by atoms with Crippen LogP contribution in [0.4, 0.5) is 0 Å². The third-order valence-electron chi connectivity index (χ3n) is 2.24. The Hall–Kier alpha value is -1.84. The minimum Gasteiger partial charge on any atom is -0.496 e. The molecule has 86 valence electrons.